The minimum atomic E-state index is -4.69. The molecule has 0 saturated heterocycles. The van der Waals surface area contributed by atoms with Crippen LogP contribution in [0.25, 0.3) is 0 Å². The van der Waals surface area contributed by atoms with Gasteiger partial charge in [-0.3, -0.25) is 0 Å². The van der Waals surface area contributed by atoms with Crippen molar-refractivity contribution >= 4 is 11.6 Å². The van der Waals surface area contributed by atoms with E-state index < -0.39 is 18.9 Å². The second-order valence-electron chi connectivity index (χ2n) is 3.90. The summed E-state index contributed by atoms with van der Waals surface area (Å²) in [6.07, 6.45) is -7.19. The lowest BCUT2D eigenvalue weighted by atomic mass is 10.2. The number of rotatable bonds is 6. The molecule has 1 aromatic rings. The van der Waals surface area contributed by atoms with Gasteiger partial charge in [0.15, 0.2) is 6.10 Å². The van der Waals surface area contributed by atoms with Gasteiger partial charge in [-0.2, -0.15) is 13.2 Å². The maximum atomic E-state index is 12.2. The van der Waals surface area contributed by atoms with E-state index in [0.29, 0.717) is 23.7 Å². The number of aliphatic hydroxyl groups excluding tert-OH is 1. The number of ether oxygens (including phenoxy) is 1. The molecule has 108 valence electrons. The molecule has 0 heterocycles. The number of nitrogens with one attached hydrogen (secondary N) is 1. The van der Waals surface area contributed by atoms with Gasteiger partial charge in [0.25, 0.3) is 0 Å². The fourth-order valence-corrected chi connectivity index (χ4v) is 1.54. The summed E-state index contributed by atoms with van der Waals surface area (Å²) in [4.78, 5) is 0. The van der Waals surface area contributed by atoms with Crippen LogP contribution >= 0.6 is 11.6 Å². The second kappa shape index (κ2) is 6.98. The molecule has 0 saturated carbocycles. The van der Waals surface area contributed by atoms with Crippen LogP contribution in [0.5, 0.6) is 5.75 Å². The molecule has 2 N–H and O–H groups in total. The second-order valence-corrected chi connectivity index (χ2v) is 4.34. The quantitative estimate of drug-likeness (QED) is 0.848. The van der Waals surface area contributed by atoms with Gasteiger partial charge in [-0.05, 0) is 24.7 Å². The van der Waals surface area contributed by atoms with Crippen molar-refractivity contribution < 1.29 is 23.0 Å². The Morgan fingerprint density at radius 3 is 2.68 bits per heavy atom. The predicted octanol–water partition coefficient (Wildman–Crippen LogP) is 2.75. The smallest absolute Gasteiger partial charge is 0.417 e. The lowest BCUT2D eigenvalue weighted by molar-refractivity contribution is -0.210. The molecular weight excluding hydrogens is 283 g/mol. The highest BCUT2D eigenvalue weighted by molar-refractivity contribution is 6.30. The fourth-order valence-electron chi connectivity index (χ4n) is 1.35. The summed E-state index contributed by atoms with van der Waals surface area (Å²) in [5, 5.41) is 12.4. The van der Waals surface area contributed by atoms with E-state index >= 15 is 0 Å². The molecule has 0 spiro atoms. The highest BCUT2D eigenvalue weighted by Gasteiger charge is 2.38. The largest absolute Gasteiger partial charge is 0.490 e. The average Bonchev–Trinajstić information content (AvgIpc) is 2.33. The first-order valence-corrected chi connectivity index (χ1v) is 6.09. The molecule has 0 bridgehead atoms. The maximum Gasteiger partial charge on any atom is 0.417 e. The minimum absolute atomic E-state index is 0.272. The first kappa shape index (κ1) is 16.1. The van der Waals surface area contributed by atoms with Gasteiger partial charge < -0.3 is 15.2 Å². The molecule has 0 aliphatic heterocycles. The van der Waals surface area contributed by atoms with Gasteiger partial charge in [-0.25, -0.2) is 0 Å². The Morgan fingerprint density at radius 1 is 1.42 bits per heavy atom. The molecule has 3 nitrogen and oxygen atoms in total. The molecule has 1 unspecified atom stereocenters. The van der Waals surface area contributed by atoms with Crippen LogP contribution in [0.4, 0.5) is 13.2 Å². The number of benzene rings is 1. The van der Waals surface area contributed by atoms with Crippen LogP contribution in [0.2, 0.25) is 5.02 Å². The van der Waals surface area contributed by atoms with E-state index in [1.165, 1.54) is 12.1 Å². The van der Waals surface area contributed by atoms with E-state index in [1.54, 1.807) is 6.07 Å². The average molecular weight is 298 g/mol. The lowest BCUT2D eigenvalue weighted by Gasteiger charge is -2.17. The molecule has 0 radical (unpaired) electrons. The zero-order valence-electron chi connectivity index (χ0n) is 10.3. The van der Waals surface area contributed by atoms with Crippen LogP contribution in [-0.4, -0.2) is 30.5 Å². The Kier molecular flexibility index (Phi) is 5.90. The predicted molar refractivity (Wildman–Crippen MR) is 66.4 cm³/mol. The van der Waals surface area contributed by atoms with Crippen LogP contribution < -0.4 is 10.1 Å². The number of alkyl halides is 3. The Hall–Kier alpha value is -0.980. The van der Waals surface area contributed by atoms with Crippen LogP contribution in [-0.2, 0) is 6.54 Å². The third kappa shape index (κ3) is 5.26. The third-order valence-corrected chi connectivity index (χ3v) is 2.60. The van der Waals surface area contributed by atoms with E-state index in [1.807, 2.05) is 6.92 Å². The molecule has 0 amide bonds. The molecule has 0 fully saturated rings. The fraction of sp³-hybridized carbons (Fsp3) is 0.500. The molecule has 7 heteroatoms. The first-order valence-electron chi connectivity index (χ1n) is 5.71. The molecule has 1 aromatic carbocycles. The van der Waals surface area contributed by atoms with E-state index in [4.69, 9.17) is 21.4 Å². The number of hydrogen-bond donors (Lipinski definition) is 2. The van der Waals surface area contributed by atoms with Crippen molar-refractivity contribution in [3.63, 3.8) is 0 Å². The molecule has 0 aliphatic rings. The normalized spacial score (nSPS) is 13.4. The molecule has 19 heavy (non-hydrogen) atoms. The first-order chi connectivity index (χ1) is 8.84. The molecule has 1 rings (SSSR count). The summed E-state index contributed by atoms with van der Waals surface area (Å²) >= 11 is 5.82. The summed E-state index contributed by atoms with van der Waals surface area (Å²) in [5.74, 6) is 0.272. The molecule has 0 aliphatic carbocycles. The van der Waals surface area contributed by atoms with Gasteiger partial charge in [0.2, 0.25) is 0 Å². The van der Waals surface area contributed by atoms with Crippen molar-refractivity contribution in [2.45, 2.75) is 25.7 Å². The Bertz CT molecular complexity index is 412. The third-order valence-electron chi connectivity index (χ3n) is 2.36. The standard InChI is InChI=1S/C12H15ClF3NO2/c1-2-17-6-8-5-9(13)3-4-10(8)19-7-11(18)12(14,15)16/h3-5,11,17-18H,2,6-7H2,1H3. The SMILES string of the molecule is CCNCc1cc(Cl)ccc1OCC(O)C(F)(F)F. The van der Waals surface area contributed by atoms with Crippen LogP contribution in [0.1, 0.15) is 12.5 Å². The van der Waals surface area contributed by atoms with Crippen LogP contribution in [0.3, 0.4) is 0 Å². The maximum absolute atomic E-state index is 12.2. The van der Waals surface area contributed by atoms with Crippen LogP contribution in [0, 0.1) is 0 Å². The monoisotopic (exact) mass is 297 g/mol. The van der Waals surface area contributed by atoms with Crippen molar-refractivity contribution in [2.24, 2.45) is 0 Å². The van der Waals surface area contributed by atoms with Crippen molar-refractivity contribution in [3.8, 4) is 5.75 Å². The zero-order chi connectivity index (χ0) is 14.5. The summed E-state index contributed by atoms with van der Waals surface area (Å²) < 4.78 is 41.5. The van der Waals surface area contributed by atoms with Crippen molar-refractivity contribution in [1.82, 2.24) is 5.32 Å². The van der Waals surface area contributed by atoms with Crippen LogP contribution in [0.15, 0.2) is 18.2 Å². The van der Waals surface area contributed by atoms with Gasteiger partial charge in [0.05, 0.1) is 0 Å². The number of aliphatic hydroxyl groups is 1. The number of halogens is 4. The topological polar surface area (TPSA) is 41.5 Å². The van der Waals surface area contributed by atoms with E-state index in [2.05, 4.69) is 5.32 Å². The van der Waals surface area contributed by atoms with Crippen molar-refractivity contribution in [1.29, 1.82) is 0 Å². The van der Waals surface area contributed by atoms with Crippen molar-refractivity contribution in [2.75, 3.05) is 13.2 Å². The van der Waals surface area contributed by atoms with E-state index in [9.17, 15) is 13.2 Å². The number of hydrogen-bond acceptors (Lipinski definition) is 3. The summed E-state index contributed by atoms with van der Waals surface area (Å²) in [5.41, 5.74) is 0.642. The minimum Gasteiger partial charge on any atom is -0.490 e. The molecular formula is C12H15ClF3NO2. The zero-order valence-corrected chi connectivity index (χ0v) is 11.1. The van der Waals surface area contributed by atoms with Gasteiger partial charge >= 0.3 is 6.18 Å². The van der Waals surface area contributed by atoms with Crippen molar-refractivity contribution in [3.05, 3.63) is 28.8 Å². The van der Waals surface area contributed by atoms with Gasteiger partial charge in [-0.15, -0.1) is 0 Å². The Balaban J connectivity index is 2.71. The van der Waals surface area contributed by atoms with Gasteiger partial charge in [0.1, 0.15) is 12.4 Å². The highest BCUT2D eigenvalue weighted by Crippen LogP contribution is 2.25. The lowest BCUT2D eigenvalue weighted by Crippen LogP contribution is -2.34. The summed E-state index contributed by atoms with van der Waals surface area (Å²) in [6, 6.07) is 4.62. The molecule has 1 atom stereocenters. The summed E-state index contributed by atoms with van der Waals surface area (Å²) in [6.45, 7) is 2.19. The summed E-state index contributed by atoms with van der Waals surface area (Å²) in [7, 11) is 0. The van der Waals surface area contributed by atoms with Gasteiger partial charge in [-0.1, -0.05) is 18.5 Å². The Labute approximate surface area is 114 Å². The van der Waals surface area contributed by atoms with Gasteiger partial charge in [0, 0.05) is 17.1 Å². The highest BCUT2D eigenvalue weighted by atomic mass is 35.5. The van der Waals surface area contributed by atoms with E-state index in [-0.39, 0.29) is 5.75 Å². The van der Waals surface area contributed by atoms with E-state index in [0.717, 1.165) is 0 Å². The molecule has 0 aromatic heterocycles. The Morgan fingerprint density at radius 2 is 2.11 bits per heavy atom.